The van der Waals surface area contributed by atoms with Crippen molar-refractivity contribution >= 4 is 17.9 Å². The van der Waals surface area contributed by atoms with Crippen molar-refractivity contribution in [2.45, 2.75) is 6.18 Å². The number of hydrogen-bond donors (Lipinski definition) is 2. The molecule has 0 aliphatic rings. The first-order valence-electron chi connectivity index (χ1n) is 6.27. The minimum atomic E-state index is -4.37. The van der Waals surface area contributed by atoms with Crippen molar-refractivity contribution in [2.75, 3.05) is 5.32 Å². The molecule has 0 aliphatic heterocycles. The number of halogens is 3. The van der Waals surface area contributed by atoms with Crippen molar-refractivity contribution < 1.29 is 18.0 Å². The number of urea groups is 1. The van der Waals surface area contributed by atoms with Crippen molar-refractivity contribution in [1.29, 1.82) is 0 Å². The molecule has 0 saturated carbocycles. The number of anilines is 1. The van der Waals surface area contributed by atoms with E-state index in [-0.39, 0.29) is 0 Å². The molecule has 0 aromatic heterocycles. The number of nitrogens with zero attached hydrogens (tertiary/aromatic N) is 1. The summed E-state index contributed by atoms with van der Waals surface area (Å²) in [5, 5.41) is 6.21. The Morgan fingerprint density at radius 1 is 1.00 bits per heavy atom. The van der Waals surface area contributed by atoms with Crippen LogP contribution in [0.1, 0.15) is 11.1 Å². The third-order valence-electron chi connectivity index (χ3n) is 2.65. The fraction of sp³-hybridized carbons (Fsp3) is 0.0667. The lowest BCUT2D eigenvalue weighted by atomic mass is 10.1. The third kappa shape index (κ3) is 4.62. The fourth-order valence-electron chi connectivity index (χ4n) is 1.60. The van der Waals surface area contributed by atoms with E-state index in [1.807, 2.05) is 6.07 Å². The van der Waals surface area contributed by atoms with Crippen LogP contribution in [0.15, 0.2) is 59.7 Å². The van der Waals surface area contributed by atoms with Gasteiger partial charge >= 0.3 is 12.2 Å². The van der Waals surface area contributed by atoms with E-state index in [0.717, 1.165) is 12.1 Å². The van der Waals surface area contributed by atoms with Gasteiger partial charge in [0.25, 0.3) is 0 Å². The lowest BCUT2D eigenvalue weighted by molar-refractivity contribution is -0.137. The van der Waals surface area contributed by atoms with Crippen LogP contribution >= 0.6 is 0 Å². The zero-order valence-electron chi connectivity index (χ0n) is 11.3. The summed E-state index contributed by atoms with van der Waals surface area (Å²) >= 11 is 0. The first kappa shape index (κ1) is 15.6. The molecule has 0 aliphatic carbocycles. The Kier molecular flexibility index (Phi) is 4.77. The van der Waals surface area contributed by atoms with E-state index in [1.165, 1.54) is 18.3 Å². The van der Waals surface area contributed by atoms with Crippen molar-refractivity contribution in [2.24, 2.45) is 5.10 Å². The molecule has 2 aromatic carbocycles. The highest BCUT2D eigenvalue weighted by Crippen LogP contribution is 2.28. The molecule has 114 valence electrons. The Balaban J connectivity index is 1.88. The number of hydrazone groups is 1. The predicted octanol–water partition coefficient (Wildman–Crippen LogP) is 3.86. The lowest BCUT2D eigenvalue weighted by Crippen LogP contribution is -2.24. The summed E-state index contributed by atoms with van der Waals surface area (Å²) in [6.45, 7) is 0. The monoisotopic (exact) mass is 307 g/mol. The molecular formula is C15H12F3N3O. The van der Waals surface area contributed by atoms with Crippen LogP contribution in [-0.2, 0) is 6.18 Å². The molecule has 4 nitrogen and oxygen atoms in total. The molecule has 0 saturated heterocycles. The van der Waals surface area contributed by atoms with Gasteiger partial charge in [0.1, 0.15) is 0 Å². The molecule has 2 aromatic rings. The molecule has 0 heterocycles. The van der Waals surface area contributed by atoms with E-state index >= 15 is 0 Å². The number of carbonyl (C=O) groups is 1. The summed E-state index contributed by atoms with van der Waals surface area (Å²) in [6, 6.07) is 12.6. The van der Waals surface area contributed by atoms with Gasteiger partial charge in [-0.3, -0.25) is 0 Å². The first-order chi connectivity index (χ1) is 10.4. The number of nitrogens with one attached hydrogen (secondary N) is 2. The number of benzene rings is 2. The third-order valence-corrected chi connectivity index (χ3v) is 2.65. The summed E-state index contributed by atoms with van der Waals surface area (Å²) in [6.07, 6.45) is -3.12. The average molecular weight is 307 g/mol. The topological polar surface area (TPSA) is 53.5 Å². The predicted molar refractivity (Wildman–Crippen MR) is 77.6 cm³/mol. The van der Waals surface area contributed by atoms with Gasteiger partial charge in [0, 0.05) is 5.69 Å². The summed E-state index contributed by atoms with van der Waals surface area (Å²) in [5.41, 5.74) is 2.52. The van der Waals surface area contributed by atoms with E-state index in [9.17, 15) is 18.0 Å². The van der Waals surface area contributed by atoms with E-state index in [0.29, 0.717) is 11.3 Å². The molecule has 0 atom stereocenters. The molecule has 7 heteroatoms. The smallest absolute Gasteiger partial charge is 0.307 e. The normalized spacial score (nSPS) is 11.4. The van der Waals surface area contributed by atoms with Crippen LogP contribution in [0.2, 0.25) is 0 Å². The van der Waals surface area contributed by atoms with Crippen LogP contribution in [0, 0.1) is 0 Å². The van der Waals surface area contributed by atoms with E-state index in [4.69, 9.17) is 0 Å². The Hall–Kier alpha value is -2.83. The second-order valence-electron chi connectivity index (χ2n) is 4.31. The average Bonchev–Trinajstić information content (AvgIpc) is 2.48. The van der Waals surface area contributed by atoms with Gasteiger partial charge in [-0.15, -0.1) is 0 Å². The number of alkyl halides is 3. The van der Waals surface area contributed by atoms with Crippen molar-refractivity contribution in [3.05, 3.63) is 65.7 Å². The number of rotatable bonds is 3. The second kappa shape index (κ2) is 6.75. The van der Waals surface area contributed by atoms with Crippen molar-refractivity contribution in [3.8, 4) is 0 Å². The van der Waals surface area contributed by atoms with Crippen LogP contribution in [0.5, 0.6) is 0 Å². The summed E-state index contributed by atoms with van der Waals surface area (Å²) in [5.74, 6) is 0. The molecule has 0 spiro atoms. The highest BCUT2D eigenvalue weighted by Gasteiger charge is 2.29. The zero-order chi connectivity index (χ0) is 16.0. The highest BCUT2D eigenvalue weighted by molar-refractivity contribution is 5.90. The maximum Gasteiger partial charge on any atom is 0.416 e. The maximum absolute atomic E-state index is 12.4. The molecule has 0 fully saturated rings. The SMILES string of the molecule is O=C(N/N=C/c1ccc(C(F)(F)F)cc1)Nc1ccccc1. The number of carbonyl (C=O) groups excluding carboxylic acids is 1. The van der Waals surface area contributed by atoms with Gasteiger partial charge in [-0.2, -0.15) is 18.3 Å². The molecule has 0 bridgehead atoms. The lowest BCUT2D eigenvalue weighted by Gasteiger charge is -2.06. The molecule has 0 unspecified atom stereocenters. The molecular weight excluding hydrogens is 295 g/mol. The van der Waals surface area contributed by atoms with Gasteiger partial charge in [-0.1, -0.05) is 30.3 Å². The van der Waals surface area contributed by atoms with E-state index in [1.54, 1.807) is 24.3 Å². The van der Waals surface area contributed by atoms with Gasteiger partial charge in [-0.25, -0.2) is 10.2 Å². The number of amides is 2. The molecule has 2 rings (SSSR count). The van der Waals surface area contributed by atoms with Crippen LogP contribution in [0.25, 0.3) is 0 Å². The van der Waals surface area contributed by atoms with Crippen LogP contribution in [0.3, 0.4) is 0 Å². The van der Waals surface area contributed by atoms with Gasteiger partial charge in [0.15, 0.2) is 0 Å². The van der Waals surface area contributed by atoms with Crippen molar-refractivity contribution in [1.82, 2.24) is 5.43 Å². The molecule has 22 heavy (non-hydrogen) atoms. The van der Waals surface area contributed by atoms with E-state index < -0.39 is 17.8 Å². The van der Waals surface area contributed by atoms with Crippen LogP contribution < -0.4 is 10.7 Å². The molecule has 2 N–H and O–H groups in total. The van der Waals surface area contributed by atoms with Gasteiger partial charge in [-0.05, 0) is 29.8 Å². The number of hydrogen-bond acceptors (Lipinski definition) is 2. The molecule has 0 radical (unpaired) electrons. The van der Waals surface area contributed by atoms with Crippen LogP contribution in [-0.4, -0.2) is 12.2 Å². The van der Waals surface area contributed by atoms with Gasteiger partial charge in [0.05, 0.1) is 11.8 Å². The Morgan fingerprint density at radius 3 is 2.23 bits per heavy atom. The van der Waals surface area contributed by atoms with Crippen LogP contribution in [0.4, 0.5) is 23.7 Å². The maximum atomic E-state index is 12.4. The first-order valence-corrected chi connectivity index (χ1v) is 6.27. The fourth-order valence-corrected chi connectivity index (χ4v) is 1.60. The minimum absolute atomic E-state index is 0.438. The van der Waals surface area contributed by atoms with Gasteiger partial charge < -0.3 is 5.32 Å². The highest BCUT2D eigenvalue weighted by atomic mass is 19.4. The largest absolute Gasteiger partial charge is 0.416 e. The Morgan fingerprint density at radius 2 is 1.64 bits per heavy atom. The minimum Gasteiger partial charge on any atom is -0.307 e. The number of para-hydroxylation sites is 1. The quantitative estimate of drug-likeness (QED) is 0.656. The molecule has 2 amide bonds. The zero-order valence-corrected chi connectivity index (χ0v) is 11.3. The summed E-state index contributed by atoms with van der Waals surface area (Å²) in [4.78, 5) is 11.5. The summed E-state index contributed by atoms with van der Waals surface area (Å²) < 4.78 is 37.2. The van der Waals surface area contributed by atoms with Gasteiger partial charge in [0.2, 0.25) is 0 Å². The standard InChI is InChI=1S/C15H12F3N3O/c16-15(17,18)12-8-6-11(7-9-12)10-19-21-14(22)20-13-4-2-1-3-5-13/h1-10H,(H2,20,21,22)/b19-10+. The van der Waals surface area contributed by atoms with E-state index in [2.05, 4.69) is 15.8 Å². The second-order valence-corrected chi connectivity index (χ2v) is 4.31. The summed E-state index contributed by atoms with van der Waals surface area (Å²) in [7, 11) is 0. The Labute approximate surface area is 124 Å². The van der Waals surface area contributed by atoms with Crippen molar-refractivity contribution in [3.63, 3.8) is 0 Å². The Bertz CT molecular complexity index is 652.